The number of nitrogens with zero attached hydrogens (tertiary/aromatic N) is 3. The third-order valence-corrected chi connectivity index (χ3v) is 4.33. The molecule has 27 heavy (non-hydrogen) atoms. The Balaban J connectivity index is 1.98. The van der Waals surface area contributed by atoms with Gasteiger partial charge in [0.05, 0.1) is 25.5 Å². The van der Waals surface area contributed by atoms with Gasteiger partial charge >= 0.3 is 0 Å². The lowest BCUT2D eigenvalue weighted by atomic mass is 10.1. The van der Waals surface area contributed by atoms with Crippen LogP contribution in [-0.2, 0) is 0 Å². The molecule has 4 rings (SSSR count). The van der Waals surface area contributed by atoms with Gasteiger partial charge in [0.2, 0.25) is 5.95 Å². The summed E-state index contributed by atoms with van der Waals surface area (Å²) >= 11 is 0. The fourth-order valence-corrected chi connectivity index (χ4v) is 2.81. The van der Waals surface area contributed by atoms with E-state index in [2.05, 4.69) is 20.3 Å². The Bertz CT molecular complexity index is 1010. The maximum atomic E-state index is 14.9. The molecule has 1 aromatic carbocycles. The van der Waals surface area contributed by atoms with Crippen molar-refractivity contribution < 1.29 is 18.3 Å². The van der Waals surface area contributed by atoms with Crippen molar-refractivity contribution in [1.82, 2.24) is 15.0 Å². The Kier molecular flexibility index (Phi) is 4.14. The molecular weight excluding hydrogens is 356 g/mol. The van der Waals surface area contributed by atoms with Gasteiger partial charge in [-0.2, -0.15) is 0 Å². The smallest absolute Gasteiger partial charge is 0.220 e. The van der Waals surface area contributed by atoms with Crippen LogP contribution >= 0.6 is 0 Å². The van der Waals surface area contributed by atoms with E-state index in [1.54, 1.807) is 0 Å². The first kappa shape index (κ1) is 17.2. The minimum Gasteiger partial charge on any atom is -0.494 e. The van der Waals surface area contributed by atoms with Crippen LogP contribution in [0, 0.1) is 11.6 Å². The predicted molar refractivity (Wildman–Crippen MR) is 96.8 cm³/mol. The van der Waals surface area contributed by atoms with Crippen molar-refractivity contribution in [1.29, 1.82) is 0 Å². The average Bonchev–Trinajstić information content (AvgIpc) is 3.47. The molecule has 7 nitrogen and oxygen atoms in total. The number of methoxy groups -OCH3 is 2. The molecule has 140 valence electrons. The lowest BCUT2D eigenvalue weighted by Gasteiger charge is -2.14. The number of benzene rings is 1. The summed E-state index contributed by atoms with van der Waals surface area (Å²) in [4.78, 5) is 12.6. The molecule has 0 radical (unpaired) electrons. The highest BCUT2D eigenvalue weighted by atomic mass is 19.1. The fraction of sp³-hybridized carbons (Fsp3) is 0.278. The van der Waals surface area contributed by atoms with Crippen LogP contribution in [0.2, 0.25) is 0 Å². The molecule has 1 fully saturated rings. The van der Waals surface area contributed by atoms with Crippen molar-refractivity contribution in [2.24, 2.45) is 0 Å². The highest BCUT2D eigenvalue weighted by molar-refractivity contribution is 5.92. The number of hydrogen-bond donors (Lipinski definition) is 2. The van der Waals surface area contributed by atoms with Crippen molar-refractivity contribution in [2.75, 3.05) is 25.3 Å². The van der Waals surface area contributed by atoms with Crippen molar-refractivity contribution in [2.45, 2.75) is 18.9 Å². The van der Waals surface area contributed by atoms with Crippen LogP contribution in [0.15, 0.2) is 18.3 Å². The van der Waals surface area contributed by atoms with E-state index in [0.717, 1.165) is 18.9 Å². The standard InChI is InChI=1S/C18H17F2N5O2/c1-26-11-6-12(27-2)15(20)13(14(11)19)10-5-8-7-22-18(21)25-16(8)17(24-10)23-9-3-4-9/h5-7,9H,3-4H2,1-2H3,(H,23,24)(H2,21,22,25). The number of nitrogens with two attached hydrogens (primary N) is 1. The van der Waals surface area contributed by atoms with Gasteiger partial charge < -0.3 is 20.5 Å². The first-order valence-corrected chi connectivity index (χ1v) is 8.32. The molecule has 3 N–H and O–H groups in total. The maximum absolute atomic E-state index is 14.9. The highest BCUT2D eigenvalue weighted by Crippen LogP contribution is 2.39. The van der Waals surface area contributed by atoms with E-state index in [-0.39, 0.29) is 34.7 Å². The third kappa shape index (κ3) is 3.05. The van der Waals surface area contributed by atoms with Crippen molar-refractivity contribution >= 4 is 22.7 Å². The number of halogens is 2. The molecule has 1 saturated carbocycles. The number of fused-ring (bicyclic) bond motifs is 1. The number of hydrogen-bond acceptors (Lipinski definition) is 7. The van der Waals surface area contributed by atoms with Crippen molar-refractivity contribution in [3.8, 4) is 22.8 Å². The summed E-state index contributed by atoms with van der Waals surface area (Å²) in [6.07, 6.45) is 3.47. The van der Waals surface area contributed by atoms with Crippen LogP contribution in [0.5, 0.6) is 11.5 Å². The van der Waals surface area contributed by atoms with Gasteiger partial charge in [-0.25, -0.2) is 23.7 Å². The molecule has 0 aliphatic heterocycles. The van der Waals surface area contributed by atoms with Gasteiger partial charge in [0.15, 0.2) is 29.0 Å². The van der Waals surface area contributed by atoms with Crippen molar-refractivity contribution in [3.63, 3.8) is 0 Å². The summed E-state index contributed by atoms with van der Waals surface area (Å²) in [7, 11) is 2.59. The first-order valence-electron chi connectivity index (χ1n) is 8.32. The van der Waals surface area contributed by atoms with E-state index >= 15 is 0 Å². The van der Waals surface area contributed by atoms with Crippen LogP contribution < -0.4 is 20.5 Å². The lowest BCUT2D eigenvalue weighted by Crippen LogP contribution is -2.07. The summed E-state index contributed by atoms with van der Waals surface area (Å²) in [5.74, 6) is -1.52. The molecule has 3 aromatic rings. The van der Waals surface area contributed by atoms with Gasteiger partial charge in [-0.1, -0.05) is 0 Å². The van der Waals surface area contributed by atoms with Gasteiger partial charge in [0.25, 0.3) is 0 Å². The quantitative estimate of drug-likeness (QED) is 0.709. The number of nitrogens with one attached hydrogen (secondary N) is 1. The largest absolute Gasteiger partial charge is 0.494 e. The Morgan fingerprint density at radius 1 is 1.07 bits per heavy atom. The van der Waals surface area contributed by atoms with E-state index in [4.69, 9.17) is 15.2 Å². The normalized spacial score (nSPS) is 13.6. The van der Waals surface area contributed by atoms with Gasteiger partial charge in [-0.15, -0.1) is 0 Å². The van der Waals surface area contributed by atoms with Gasteiger partial charge in [-0.3, -0.25) is 0 Å². The van der Waals surface area contributed by atoms with Gasteiger partial charge in [-0.05, 0) is 18.9 Å². The topological polar surface area (TPSA) is 95.2 Å². The van der Waals surface area contributed by atoms with Crippen LogP contribution in [0.1, 0.15) is 12.8 Å². The van der Waals surface area contributed by atoms with Crippen LogP contribution in [0.4, 0.5) is 20.5 Å². The first-order chi connectivity index (χ1) is 13.0. The minimum atomic E-state index is -0.864. The Labute approximate surface area is 153 Å². The van der Waals surface area contributed by atoms with E-state index in [1.807, 2.05) is 0 Å². The Morgan fingerprint density at radius 2 is 1.74 bits per heavy atom. The van der Waals surface area contributed by atoms with E-state index in [9.17, 15) is 8.78 Å². The minimum absolute atomic E-state index is 0.0752. The summed E-state index contributed by atoms with van der Waals surface area (Å²) in [6, 6.07) is 2.91. The van der Waals surface area contributed by atoms with Crippen molar-refractivity contribution in [3.05, 3.63) is 30.0 Å². The molecule has 2 heterocycles. The monoisotopic (exact) mass is 373 g/mol. The molecule has 1 aliphatic rings. The molecule has 9 heteroatoms. The molecule has 0 spiro atoms. The second kappa shape index (κ2) is 6.49. The van der Waals surface area contributed by atoms with E-state index in [1.165, 1.54) is 26.5 Å². The Hall–Kier alpha value is -3.23. The maximum Gasteiger partial charge on any atom is 0.220 e. The number of ether oxygens (including phenoxy) is 2. The average molecular weight is 373 g/mol. The summed E-state index contributed by atoms with van der Waals surface area (Å²) in [6.45, 7) is 0. The summed E-state index contributed by atoms with van der Waals surface area (Å²) in [5.41, 5.74) is 5.91. The van der Waals surface area contributed by atoms with Crippen LogP contribution in [0.3, 0.4) is 0 Å². The second-order valence-corrected chi connectivity index (χ2v) is 6.22. The number of rotatable bonds is 5. The lowest BCUT2D eigenvalue weighted by molar-refractivity contribution is 0.359. The molecule has 0 unspecified atom stereocenters. The zero-order chi connectivity index (χ0) is 19.1. The number of aromatic nitrogens is 3. The molecule has 0 atom stereocenters. The SMILES string of the molecule is COc1cc(OC)c(F)c(-c2cc3cnc(N)nc3c(NC3CC3)n2)c1F. The number of anilines is 2. The highest BCUT2D eigenvalue weighted by Gasteiger charge is 2.26. The van der Waals surface area contributed by atoms with Gasteiger partial charge in [0.1, 0.15) is 5.52 Å². The molecule has 0 saturated heterocycles. The third-order valence-electron chi connectivity index (χ3n) is 4.33. The Morgan fingerprint density at radius 3 is 2.33 bits per heavy atom. The number of nitrogen functional groups attached to an aromatic ring is 1. The molecule has 1 aliphatic carbocycles. The zero-order valence-electron chi connectivity index (χ0n) is 14.7. The van der Waals surface area contributed by atoms with E-state index in [0.29, 0.717) is 16.7 Å². The molecular formula is C18H17F2N5O2. The van der Waals surface area contributed by atoms with Crippen LogP contribution in [-0.4, -0.2) is 35.2 Å². The zero-order valence-corrected chi connectivity index (χ0v) is 14.7. The fourth-order valence-electron chi connectivity index (χ4n) is 2.81. The molecule has 0 amide bonds. The van der Waals surface area contributed by atoms with Crippen LogP contribution in [0.25, 0.3) is 22.2 Å². The van der Waals surface area contributed by atoms with E-state index < -0.39 is 11.6 Å². The van der Waals surface area contributed by atoms with Gasteiger partial charge in [0, 0.05) is 23.7 Å². The molecule has 2 aromatic heterocycles. The number of pyridine rings is 1. The predicted octanol–water partition coefficient (Wildman–Crippen LogP) is 3.14. The summed E-state index contributed by atoms with van der Waals surface area (Å²) < 4.78 is 39.8. The summed E-state index contributed by atoms with van der Waals surface area (Å²) in [5, 5.41) is 3.78. The second-order valence-electron chi connectivity index (χ2n) is 6.22. The molecule has 0 bridgehead atoms.